The number of benzene rings is 2. The standard InChI is InChI=1S/C35H36N2O6/c1-35-28(21-12-6-3-7-13-21)24(20-10-4-2-5-11-20)25(26-29(35)33(40)36(31(26)38)18-22-14-8-16-42-22)27-30(35)34(41)37(32(27)39)19-23-15-9-17-43-23/h2-7,10-13,22-23,25-27,29-30H,8-9,14-19H2,1H3/t22-,23-,25?,26-,27-,29+,30+,35?/m0/s1. The van der Waals surface area contributed by atoms with E-state index in [1.807, 2.05) is 67.6 Å². The predicted octanol–water partition coefficient (Wildman–Crippen LogP) is 3.81. The number of ether oxygens (including phenoxy) is 2. The van der Waals surface area contributed by atoms with Gasteiger partial charge in [0.05, 0.1) is 49.0 Å². The van der Waals surface area contributed by atoms with Crippen LogP contribution in [0.1, 0.15) is 43.7 Å². The van der Waals surface area contributed by atoms with Gasteiger partial charge in [-0.15, -0.1) is 0 Å². The maximum absolute atomic E-state index is 14.5. The molecule has 2 bridgehead atoms. The molecule has 8 heteroatoms. The number of hydrogen-bond acceptors (Lipinski definition) is 6. The lowest BCUT2D eigenvalue weighted by atomic mass is 9.41. The zero-order valence-electron chi connectivity index (χ0n) is 24.3. The van der Waals surface area contributed by atoms with Gasteiger partial charge < -0.3 is 9.47 Å². The van der Waals surface area contributed by atoms with Crippen LogP contribution in [-0.4, -0.2) is 71.9 Å². The lowest BCUT2D eigenvalue weighted by molar-refractivity contribution is -0.144. The first-order valence-corrected chi connectivity index (χ1v) is 15.7. The third kappa shape index (κ3) is 3.75. The lowest BCUT2D eigenvalue weighted by Gasteiger charge is -2.57. The number of nitrogens with zero attached hydrogens (tertiary/aromatic N) is 2. The van der Waals surface area contributed by atoms with Crippen LogP contribution >= 0.6 is 0 Å². The van der Waals surface area contributed by atoms with Crippen molar-refractivity contribution in [2.45, 2.75) is 44.8 Å². The van der Waals surface area contributed by atoms with Gasteiger partial charge in [0.2, 0.25) is 23.6 Å². The number of allylic oxidation sites excluding steroid dienone is 2. The van der Waals surface area contributed by atoms with E-state index in [4.69, 9.17) is 9.47 Å². The van der Waals surface area contributed by atoms with Gasteiger partial charge >= 0.3 is 0 Å². The van der Waals surface area contributed by atoms with Crippen LogP contribution in [-0.2, 0) is 28.7 Å². The summed E-state index contributed by atoms with van der Waals surface area (Å²) < 4.78 is 11.7. The second-order valence-electron chi connectivity index (χ2n) is 13.2. The molecule has 43 heavy (non-hydrogen) atoms. The van der Waals surface area contributed by atoms with E-state index in [-0.39, 0.29) is 48.9 Å². The molecule has 0 aromatic heterocycles. The molecule has 222 valence electrons. The second-order valence-corrected chi connectivity index (χ2v) is 13.2. The van der Waals surface area contributed by atoms with Crippen LogP contribution in [0.2, 0.25) is 0 Å². The summed E-state index contributed by atoms with van der Waals surface area (Å²) >= 11 is 0. The number of carbonyl (C=O) groups is 4. The first-order valence-electron chi connectivity index (χ1n) is 15.7. The molecular formula is C35H36N2O6. The summed E-state index contributed by atoms with van der Waals surface area (Å²) in [5, 5.41) is 0. The molecule has 4 heterocycles. The Labute approximate surface area is 251 Å². The molecule has 5 fully saturated rings. The van der Waals surface area contributed by atoms with Crippen molar-refractivity contribution in [3.63, 3.8) is 0 Å². The highest BCUT2D eigenvalue weighted by Gasteiger charge is 2.76. The number of imide groups is 2. The summed E-state index contributed by atoms with van der Waals surface area (Å²) in [5.41, 5.74) is 2.59. The Hall–Kier alpha value is -3.62. The van der Waals surface area contributed by atoms with Crippen molar-refractivity contribution in [3.8, 4) is 0 Å². The Bertz CT molecular complexity index is 1460. The van der Waals surface area contributed by atoms with Gasteiger partial charge in [-0.1, -0.05) is 67.6 Å². The molecule has 8 nitrogen and oxygen atoms in total. The van der Waals surface area contributed by atoms with Crippen LogP contribution in [0.25, 0.3) is 11.1 Å². The van der Waals surface area contributed by atoms with E-state index in [0.717, 1.165) is 48.0 Å². The summed E-state index contributed by atoms with van der Waals surface area (Å²) in [7, 11) is 0. The Morgan fingerprint density at radius 2 is 1.12 bits per heavy atom. The molecule has 4 saturated heterocycles. The van der Waals surface area contributed by atoms with Crippen molar-refractivity contribution < 1.29 is 28.7 Å². The minimum Gasteiger partial charge on any atom is -0.376 e. The van der Waals surface area contributed by atoms with Crippen LogP contribution in [0.4, 0.5) is 0 Å². The molecule has 6 atom stereocenters. The molecule has 0 N–H and O–H groups in total. The van der Waals surface area contributed by atoms with E-state index >= 15 is 0 Å². The van der Waals surface area contributed by atoms with Crippen LogP contribution in [0, 0.1) is 35.0 Å². The third-order valence-electron chi connectivity index (χ3n) is 11.1. The number of likely N-dealkylation sites (tertiary alicyclic amines) is 2. The second kappa shape index (κ2) is 9.96. The zero-order chi connectivity index (χ0) is 29.5. The number of amides is 4. The van der Waals surface area contributed by atoms with Gasteiger partial charge in [0.1, 0.15) is 0 Å². The van der Waals surface area contributed by atoms with Crippen molar-refractivity contribution in [3.05, 3.63) is 71.8 Å². The molecule has 1 saturated carbocycles. The van der Waals surface area contributed by atoms with E-state index in [2.05, 4.69) is 0 Å². The van der Waals surface area contributed by atoms with E-state index < -0.39 is 35.0 Å². The van der Waals surface area contributed by atoms with Gasteiger partial charge in [0, 0.05) is 24.5 Å². The fourth-order valence-electron chi connectivity index (χ4n) is 9.40. The SMILES string of the molecule is CC12C(c3ccccc3)=C(c3ccccc3)C([C@@H]3C(=O)N(C[C@@H]4CCCO4)C(=O)[C@@H]31)[C@@H]1C(=O)N(C[C@@H]3CCCO3)C(=O)[C@@H]12. The lowest BCUT2D eigenvalue weighted by Crippen LogP contribution is -2.59. The van der Waals surface area contributed by atoms with E-state index in [9.17, 15) is 19.2 Å². The predicted molar refractivity (Wildman–Crippen MR) is 157 cm³/mol. The summed E-state index contributed by atoms with van der Waals surface area (Å²) in [6, 6.07) is 19.8. The molecule has 2 aromatic carbocycles. The highest BCUT2D eigenvalue weighted by atomic mass is 16.5. The first-order chi connectivity index (χ1) is 20.9. The fourth-order valence-corrected chi connectivity index (χ4v) is 9.40. The highest BCUT2D eigenvalue weighted by molar-refractivity contribution is 6.17. The molecule has 3 aliphatic carbocycles. The highest BCUT2D eigenvalue weighted by Crippen LogP contribution is 2.72. The third-order valence-corrected chi connectivity index (χ3v) is 11.1. The largest absolute Gasteiger partial charge is 0.376 e. The van der Waals surface area contributed by atoms with Crippen molar-refractivity contribution in [2.24, 2.45) is 35.0 Å². The maximum atomic E-state index is 14.5. The Morgan fingerprint density at radius 1 is 0.651 bits per heavy atom. The number of hydrogen-bond donors (Lipinski definition) is 0. The fraction of sp³-hybridized carbons (Fsp3) is 0.486. The molecule has 7 aliphatic rings. The molecule has 0 spiro atoms. The van der Waals surface area contributed by atoms with Crippen LogP contribution in [0.3, 0.4) is 0 Å². The Kier molecular flexibility index (Phi) is 6.25. The summed E-state index contributed by atoms with van der Waals surface area (Å²) in [4.78, 5) is 60.6. The zero-order valence-corrected chi connectivity index (χ0v) is 24.3. The van der Waals surface area contributed by atoms with Crippen LogP contribution in [0.5, 0.6) is 0 Å². The molecule has 9 rings (SSSR count). The molecule has 4 amide bonds. The average Bonchev–Trinajstić information content (AvgIpc) is 3.83. The Morgan fingerprint density at radius 3 is 1.56 bits per heavy atom. The summed E-state index contributed by atoms with van der Waals surface area (Å²) in [6.45, 7) is 3.66. The molecule has 2 aromatic rings. The van der Waals surface area contributed by atoms with Crippen molar-refractivity contribution in [1.29, 1.82) is 0 Å². The monoisotopic (exact) mass is 580 g/mol. The normalized spacial score (nSPS) is 36.7. The quantitative estimate of drug-likeness (QED) is 0.483. The van der Waals surface area contributed by atoms with Crippen LogP contribution < -0.4 is 0 Å². The van der Waals surface area contributed by atoms with E-state index in [1.54, 1.807) is 0 Å². The molecule has 0 unspecified atom stereocenters. The van der Waals surface area contributed by atoms with E-state index in [1.165, 1.54) is 9.80 Å². The maximum Gasteiger partial charge on any atom is 0.234 e. The number of carbonyl (C=O) groups excluding carboxylic acids is 4. The van der Waals surface area contributed by atoms with E-state index in [0.29, 0.717) is 13.2 Å². The summed E-state index contributed by atoms with van der Waals surface area (Å²) in [5.74, 6) is -4.48. The molecule has 0 radical (unpaired) electrons. The van der Waals surface area contributed by atoms with Crippen molar-refractivity contribution in [2.75, 3.05) is 26.3 Å². The van der Waals surface area contributed by atoms with Gasteiger partial charge in [0.15, 0.2) is 0 Å². The topological polar surface area (TPSA) is 93.2 Å². The van der Waals surface area contributed by atoms with Gasteiger partial charge in [0.25, 0.3) is 0 Å². The number of rotatable bonds is 6. The van der Waals surface area contributed by atoms with Gasteiger partial charge in [-0.25, -0.2) is 0 Å². The minimum absolute atomic E-state index is 0.182. The van der Waals surface area contributed by atoms with Crippen molar-refractivity contribution >= 4 is 34.8 Å². The van der Waals surface area contributed by atoms with Gasteiger partial charge in [-0.3, -0.25) is 29.0 Å². The minimum atomic E-state index is -1.08. The van der Waals surface area contributed by atoms with Crippen molar-refractivity contribution in [1.82, 2.24) is 9.80 Å². The molecule has 4 aliphatic heterocycles. The average molecular weight is 581 g/mol. The smallest absolute Gasteiger partial charge is 0.234 e. The Balaban J connectivity index is 1.33. The van der Waals surface area contributed by atoms with Gasteiger partial charge in [-0.05, 0) is 48.0 Å². The van der Waals surface area contributed by atoms with Gasteiger partial charge in [-0.2, -0.15) is 0 Å². The first kappa shape index (κ1) is 27.0. The summed E-state index contributed by atoms with van der Waals surface area (Å²) in [6.07, 6.45) is 3.04. The molecular weight excluding hydrogens is 544 g/mol. The van der Waals surface area contributed by atoms with Crippen LogP contribution in [0.15, 0.2) is 60.7 Å².